The van der Waals surface area contributed by atoms with E-state index in [-0.39, 0.29) is 42.7 Å². The average Bonchev–Trinajstić information content (AvgIpc) is 2.59. The van der Waals surface area contributed by atoms with Gasteiger partial charge in [-0.3, -0.25) is 0 Å². The van der Waals surface area contributed by atoms with Gasteiger partial charge < -0.3 is 33.2 Å². The Hall–Kier alpha value is -0.540. The Morgan fingerprint density at radius 3 is 2.56 bits per heavy atom. The number of hydrogen-bond donors (Lipinski definition) is 0. The summed E-state index contributed by atoms with van der Waals surface area (Å²) in [6.07, 6.45) is 0.853. The first-order valence-corrected chi connectivity index (χ1v) is 8.65. The highest BCUT2D eigenvalue weighted by Crippen LogP contribution is 2.44. The lowest BCUT2D eigenvalue weighted by atomic mass is 9.72. The van der Waals surface area contributed by atoms with Crippen LogP contribution in [0.25, 0.3) is 0 Å². The molecule has 0 aromatic carbocycles. The van der Waals surface area contributed by atoms with Crippen molar-refractivity contribution in [3.8, 4) is 0 Å². The molecule has 0 radical (unpaired) electrons. The molecule has 2 heterocycles. The zero-order chi connectivity index (χ0) is 18.4. The van der Waals surface area contributed by atoms with E-state index in [1.807, 2.05) is 0 Å². The monoisotopic (exact) mass is 360 g/mol. The van der Waals surface area contributed by atoms with Gasteiger partial charge in [0.1, 0.15) is 12.2 Å². The highest BCUT2D eigenvalue weighted by molar-refractivity contribution is 5.01. The summed E-state index contributed by atoms with van der Waals surface area (Å²) in [4.78, 5) is 0. The van der Waals surface area contributed by atoms with Crippen molar-refractivity contribution in [3.05, 3.63) is 12.7 Å². The Kier molecular flexibility index (Phi) is 7.82. The molecule has 2 saturated heterocycles. The van der Waals surface area contributed by atoms with E-state index < -0.39 is 6.29 Å². The molecule has 0 saturated carbocycles. The average molecular weight is 360 g/mol. The Balaban J connectivity index is 2.20. The topological polar surface area (TPSA) is 64.6 Å². The molecular weight excluding hydrogens is 328 g/mol. The largest absolute Gasteiger partial charge is 0.382 e. The van der Waals surface area contributed by atoms with Crippen molar-refractivity contribution >= 4 is 0 Å². The second-order valence-electron chi connectivity index (χ2n) is 7.02. The van der Waals surface area contributed by atoms with Crippen LogP contribution < -0.4 is 0 Å². The molecular formula is C18H32O7. The first kappa shape index (κ1) is 20.8. The molecule has 0 amide bonds. The van der Waals surface area contributed by atoms with Crippen molar-refractivity contribution in [2.24, 2.45) is 5.41 Å². The zero-order valence-corrected chi connectivity index (χ0v) is 15.9. The lowest BCUT2D eigenvalue weighted by Gasteiger charge is -2.54. The maximum Gasteiger partial charge on any atom is 0.189 e. The van der Waals surface area contributed by atoms with E-state index in [1.54, 1.807) is 27.4 Å². The van der Waals surface area contributed by atoms with Crippen LogP contribution in [0.4, 0.5) is 0 Å². The second-order valence-corrected chi connectivity index (χ2v) is 7.02. The molecule has 0 N–H and O–H groups in total. The molecule has 25 heavy (non-hydrogen) atoms. The van der Waals surface area contributed by atoms with Crippen molar-refractivity contribution < 1.29 is 33.2 Å². The molecule has 2 aliphatic rings. The summed E-state index contributed by atoms with van der Waals surface area (Å²) in [6, 6.07) is 0. The molecule has 0 aromatic rings. The Morgan fingerprint density at radius 2 is 1.96 bits per heavy atom. The maximum atomic E-state index is 6.40. The van der Waals surface area contributed by atoms with E-state index in [1.165, 1.54) is 0 Å². The van der Waals surface area contributed by atoms with E-state index in [9.17, 15) is 0 Å². The van der Waals surface area contributed by atoms with Crippen LogP contribution in [0.3, 0.4) is 0 Å². The summed E-state index contributed by atoms with van der Waals surface area (Å²) in [5, 5.41) is 0. The molecule has 146 valence electrons. The highest BCUT2D eigenvalue weighted by Gasteiger charge is 2.56. The van der Waals surface area contributed by atoms with Gasteiger partial charge in [-0.05, 0) is 0 Å². The van der Waals surface area contributed by atoms with Gasteiger partial charge in [0.05, 0.1) is 31.5 Å². The quantitative estimate of drug-likeness (QED) is 0.580. The number of ether oxygens (including phenoxy) is 7. The standard InChI is InChI=1S/C18H32O7/c1-7-8-22-17-15-14(23-11-24-17)16(21-6)18(2,3)13(25-15)9-12(20-5)10-19-4/h7,12-17H,1,8-11H2,2-6H3/t12-,13+,14-,15-,16+,17+/m0/s1. The van der Waals surface area contributed by atoms with Crippen molar-refractivity contribution in [2.75, 3.05) is 41.3 Å². The normalized spacial score (nSPS) is 35.8. The molecule has 0 unspecified atom stereocenters. The third kappa shape index (κ3) is 4.60. The van der Waals surface area contributed by atoms with Gasteiger partial charge in [-0.15, -0.1) is 6.58 Å². The molecule has 7 heteroatoms. The molecule has 7 nitrogen and oxygen atoms in total. The fourth-order valence-corrected chi connectivity index (χ4v) is 3.66. The summed E-state index contributed by atoms with van der Waals surface area (Å²) in [5.74, 6) is 0. The van der Waals surface area contributed by atoms with Crippen LogP contribution in [0.1, 0.15) is 20.3 Å². The minimum atomic E-state index is -0.517. The second kappa shape index (κ2) is 9.41. The van der Waals surface area contributed by atoms with Crippen LogP contribution in [0.5, 0.6) is 0 Å². The zero-order valence-electron chi connectivity index (χ0n) is 15.9. The summed E-state index contributed by atoms with van der Waals surface area (Å²) in [7, 11) is 5.04. The van der Waals surface area contributed by atoms with E-state index >= 15 is 0 Å². The fourth-order valence-electron chi connectivity index (χ4n) is 3.66. The molecule has 2 fully saturated rings. The molecule has 0 bridgehead atoms. The predicted molar refractivity (Wildman–Crippen MR) is 91.3 cm³/mol. The molecule has 0 spiro atoms. The number of methoxy groups -OCH3 is 3. The van der Waals surface area contributed by atoms with E-state index in [2.05, 4.69) is 20.4 Å². The van der Waals surface area contributed by atoms with E-state index in [4.69, 9.17) is 33.2 Å². The smallest absolute Gasteiger partial charge is 0.189 e. The minimum Gasteiger partial charge on any atom is -0.382 e. The summed E-state index contributed by atoms with van der Waals surface area (Å²) in [6.45, 7) is 8.97. The number of hydrogen-bond acceptors (Lipinski definition) is 7. The van der Waals surface area contributed by atoms with Gasteiger partial charge in [0.2, 0.25) is 0 Å². The summed E-state index contributed by atoms with van der Waals surface area (Å²) < 4.78 is 40.2. The van der Waals surface area contributed by atoms with Crippen LogP contribution in [0, 0.1) is 5.41 Å². The Labute approximate surface area is 150 Å². The molecule has 0 aliphatic carbocycles. The molecule has 2 rings (SSSR count). The van der Waals surface area contributed by atoms with Crippen LogP contribution >= 0.6 is 0 Å². The van der Waals surface area contributed by atoms with E-state index in [0.717, 1.165) is 0 Å². The third-order valence-corrected chi connectivity index (χ3v) is 5.06. The van der Waals surface area contributed by atoms with Crippen LogP contribution in [0.15, 0.2) is 12.7 Å². The molecule has 6 atom stereocenters. The predicted octanol–water partition coefficient (Wildman–Crippen LogP) is 1.75. The first-order valence-electron chi connectivity index (χ1n) is 8.65. The minimum absolute atomic E-state index is 0.0682. The van der Waals surface area contributed by atoms with Gasteiger partial charge in [0.15, 0.2) is 13.1 Å². The summed E-state index contributed by atoms with van der Waals surface area (Å²) >= 11 is 0. The van der Waals surface area contributed by atoms with Crippen LogP contribution in [-0.2, 0) is 33.2 Å². The van der Waals surface area contributed by atoms with Gasteiger partial charge in [0, 0.05) is 33.2 Å². The van der Waals surface area contributed by atoms with Gasteiger partial charge >= 0.3 is 0 Å². The lowest BCUT2D eigenvalue weighted by Crippen LogP contribution is -2.66. The summed E-state index contributed by atoms with van der Waals surface area (Å²) in [5.41, 5.74) is -0.277. The van der Waals surface area contributed by atoms with E-state index in [0.29, 0.717) is 19.6 Å². The Bertz CT molecular complexity index is 414. The van der Waals surface area contributed by atoms with Gasteiger partial charge in [-0.25, -0.2) is 0 Å². The lowest BCUT2D eigenvalue weighted by molar-refractivity contribution is -0.368. The molecule has 0 aromatic heterocycles. The number of fused-ring (bicyclic) bond motifs is 1. The Morgan fingerprint density at radius 1 is 1.20 bits per heavy atom. The fraction of sp³-hybridized carbons (Fsp3) is 0.889. The van der Waals surface area contributed by atoms with Crippen molar-refractivity contribution in [3.63, 3.8) is 0 Å². The third-order valence-electron chi connectivity index (χ3n) is 5.06. The van der Waals surface area contributed by atoms with Gasteiger partial charge in [-0.1, -0.05) is 19.9 Å². The van der Waals surface area contributed by atoms with Crippen LogP contribution in [0.2, 0.25) is 0 Å². The SMILES string of the molecule is C=CCO[C@@H]1OCO[C@H]2[C@@H]1O[C@H](C[C@@H](COC)OC)C(C)(C)[C@@H]2OC. The van der Waals surface area contributed by atoms with Crippen molar-refractivity contribution in [1.29, 1.82) is 0 Å². The highest BCUT2D eigenvalue weighted by atomic mass is 16.8. The molecule has 2 aliphatic heterocycles. The first-order chi connectivity index (χ1) is 12.0. The van der Waals surface area contributed by atoms with Crippen molar-refractivity contribution in [1.82, 2.24) is 0 Å². The van der Waals surface area contributed by atoms with Crippen molar-refractivity contribution in [2.45, 2.75) is 57.1 Å². The van der Waals surface area contributed by atoms with Gasteiger partial charge in [0.25, 0.3) is 0 Å². The maximum absolute atomic E-state index is 6.40. The van der Waals surface area contributed by atoms with Crippen LogP contribution in [-0.4, -0.2) is 78.1 Å². The number of rotatable bonds is 9. The van der Waals surface area contributed by atoms with Gasteiger partial charge in [-0.2, -0.15) is 0 Å².